The molecule has 2 rings (SSSR count). The molecule has 30 heavy (non-hydrogen) atoms. The van der Waals surface area contributed by atoms with Gasteiger partial charge in [-0.2, -0.15) is 0 Å². The molecule has 10 heteroatoms. The highest BCUT2D eigenvalue weighted by molar-refractivity contribution is 6.36. The Morgan fingerprint density at radius 1 is 1.17 bits per heavy atom. The number of carbonyl (C=O) groups is 3. The number of benzene rings is 2. The van der Waals surface area contributed by atoms with Crippen molar-refractivity contribution in [3.63, 3.8) is 0 Å². The minimum absolute atomic E-state index is 0.0177. The van der Waals surface area contributed by atoms with Crippen LogP contribution in [0, 0.1) is 10.1 Å². The van der Waals surface area contributed by atoms with Gasteiger partial charge < -0.3 is 15.9 Å². The molecule has 0 spiro atoms. The summed E-state index contributed by atoms with van der Waals surface area (Å²) in [5, 5.41) is 29.6. The molecule has 9 nitrogen and oxygen atoms in total. The lowest BCUT2D eigenvalue weighted by Crippen LogP contribution is -2.34. The second-order valence-corrected chi connectivity index (χ2v) is 7.31. The van der Waals surface area contributed by atoms with Gasteiger partial charge in [-0.3, -0.25) is 14.9 Å². The Labute approximate surface area is 176 Å². The molecule has 1 atom stereocenters. The predicted octanol–water partition coefficient (Wildman–Crippen LogP) is 4.17. The topological polar surface area (TPSA) is 161 Å². The number of nitrogens with zero attached hydrogens (tertiary/aromatic N) is 1. The van der Waals surface area contributed by atoms with Crippen LogP contribution in [0.1, 0.15) is 63.3 Å². The zero-order valence-electron chi connectivity index (χ0n) is 16.1. The van der Waals surface area contributed by atoms with E-state index in [1.165, 1.54) is 24.3 Å². The highest BCUT2D eigenvalue weighted by atomic mass is 35.5. The van der Waals surface area contributed by atoms with E-state index in [2.05, 4.69) is 0 Å². The van der Waals surface area contributed by atoms with Crippen molar-refractivity contribution in [1.82, 2.24) is 0 Å². The first-order valence-electron chi connectivity index (χ1n) is 8.84. The summed E-state index contributed by atoms with van der Waals surface area (Å²) in [5.41, 5.74) is 2.27. The van der Waals surface area contributed by atoms with Crippen molar-refractivity contribution in [2.45, 2.75) is 32.1 Å². The number of aromatic carboxylic acids is 2. The summed E-state index contributed by atoms with van der Waals surface area (Å²) in [6.45, 7) is 3.38. The van der Waals surface area contributed by atoms with Gasteiger partial charge in [0, 0.05) is 0 Å². The van der Waals surface area contributed by atoms with Gasteiger partial charge in [-0.15, -0.1) is 0 Å². The third-order valence-electron chi connectivity index (χ3n) is 4.95. The lowest BCUT2D eigenvalue weighted by molar-refractivity contribution is -0.384. The Balaban J connectivity index is 2.76. The van der Waals surface area contributed by atoms with E-state index in [1.807, 2.05) is 6.92 Å². The minimum atomic E-state index is -1.52. The number of carboxylic acids is 2. The maximum Gasteiger partial charge on any atom is 0.338 e. The molecule has 1 unspecified atom stereocenters. The fourth-order valence-corrected chi connectivity index (χ4v) is 3.66. The summed E-state index contributed by atoms with van der Waals surface area (Å²) >= 11 is 6.13. The van der Waals surface area contributed by atoms with E-state index in [-0.39, 0.29) is 12.0 Å². The van der Waals surface area contributed by atoms with Crippen molar-refractivity contribution in [3.8, 4) is 0 Å². The predicted molar refractivity (Wildman–Crippen MR) is 109 cm³/mol. The standard InChI is InChI=1S/C20H19ClN2O7/c1-3-8-20(2,11-6-4-10(5-7-11)18(25)26)17(24)14-13(21)9-12(19(27)28)15(22)16(14)23(29)30/h4-7,9H,3,8,22H2,1-2H3,(H,25,26)(H,27,28). The van der Waals surface area contributed by atoms with Crippen LogP contribution in [0.4, 0.5) is 11.4 Å². The molecule has 0 fully saturated rings. The number of carbonyl (C=O) groups excluding carboxylic acids is 1. The maximum atomic E-state index is 13.5. The number of hydrogen-bond acceptors (Lipinski definition) is 6. The number of nitro benzene ring substituents is 1. The molecule has 0 amide bonds. The van der Waals surface area contributed by atoms with E-state index < -0.39 is 55.6 Å². The minimum Gasteiger partial charge on any atom is -0.478 e. The Bertz CT molecular complexity index is 1050. The summed E-state index contributed by atoms with van der Waals surface area (Å²) < 4.78 is 0. The number of halogens is 1. The van der Waals surface area contributed by atoms with Crippen LogP contribution in [0.25, 0.3) is 0 Å². The van der Waals surface area contributed by atoms with Crippen LogP contribution in [0.15, 0.2) is 30.3 Å². The zero-order valence-corrected chi connectivity index (χ0v) is 16.9. The van der Waals surface area contributed by atoms with Crippen molar-refractivity contribution in [2.24, 2.45) is 0 Å². The third-order valence-corrected chi connectivity index (χ3v) is 5.25. The van der Waals surface area contributed by atoms with E-state index in [4.69, 9.17) is 22.4 Å². The lowest BCUT2D eigenvalue weighted by atomic mass is 9.72. The molecule has 0 heterocycles. The van der Waals surface area contributed by atoms with Crippen LogP contribution in [0.3, 0.4) is 0 Å². The molecule has 0 aromatic heterocycles. The first kappa shape index (κ1) is 22.8. The fourth-order valence-electron chi connectivity index (χ4n) is 3.38. The molecule has 158 valence electrons. The molecular formula is C20H19ClN2O7. The monoisotopic (exact) mass is 434 g/mol. The fraction of sp³-hybridized carbons (Fsp3) is 0.250. The third kappa shape index (κ3) is 3.97. The maximum absolute atomic E-state index is 13.5. The molecule has 4 N–H and O–H groups in total. The van der Waals surface area contributed by atoms with E-state index >= 15 is 0 Å². The van der Waals surface area contributed by atoms with E-state index in [0.717, 1.165) is 6.07 Å². The number of rotatable bonds is 8. The Kier molecular flexibility index (Phi) is 6.47. The van der Waals surface area contributed by atoms with E-state index in [0.29, 0.717) is 12.0 Å². The molecular weight excluding hydrogens is 416 g/mol. The quantitative estimate of drug-likeness (QED) is 0.241. The summed E-state index contributed by atoms with van der Waals surface area (Å²) in [5.74, 6) is -3.37. The first-order valence-corrected chi connectivity index (χ1v) is 9.21. The Hall–Kier alpha value is -3.46. The van der Waals surface area contributed by atoms with Crippen LogP contribution < -0.4 is 5.73 Å². The molecule has 0 aliphatic heterocycles. The van der Waals surface area contributed by atoms with Gasteiger partial charge in [0.1, 0.15) is 11.3 Å². The normalized spacial score (nSPS) is 12.8. The second-order valence-electron chi connectivity index (χ2n) is 6.90. The number of Topliss-reactive ketones (excluding diaryl/α,β-unsaturated/α-hetero) is 1. The molecule has 0 saturated carbocycles. The van der Waals surface area contributed by atoms with Crippen molar-refractivity contribution >= 4 is 40.7 Å². The Morgan fingerprint density at radius 3 is 2.17 bits per heavy atom. The molecule has 2 aromatic carbocycles. The van der Waals surface area contributed by atoms with Gasteiger partial charge in [-0.05, 0) is 37.1 Å². The SMILES string of the molecule is CCCC(C)(C(=O)c1c(Cl)cc(C(=O)O)c(N)c1[N+](=O)[O-])c1ccc(C(=O)O)cc1. The summed E-state index contributed by atoms with van der Waals surface area (Å²) in [4.78, 5) is 46.7. The van der Waals surface area contributed by atoms with Gasteiger partial charge in [0.05, 0.1) is 26.5 Å². The van der Waals surface area contributed by atoms with Crippen molar-refractivity contribution < 1.29 is 29.5 Å². The van der Waals surface area contributed by atoms with Crippen molar-refractivity contribution in [2.75, 3.05) is 5.73 Å². The van der Waals surface area contributed by atoms with Crippen LogP contribution in [-0.2, 0) is 5.41 Å². The highest BCUT2D eigenvalue weighted by Gasteiger charge is 2.41. The molecule has 0 bridgehead atoms. The summed E-state index contributed by atoms with van der Waals surface area (Å²) in [7, 11) is 0. The molecule has 0 aliphatic carbocycles. The number of carboxylic acid groups (broad SMARTS) is 2. The zero-order chi connectivity index (χ0) is 22.8. The van der Waals surface area contributed by atoms with E-state index in [1.54, 1.807) is 6.92 Å². The number of nitrogens with two attached hydrogens (primary N) is 1. The average Bonchev–Trinajstić information content (AvgIpc) is 2.68. The molecule has 0 saturated heterocycles. The number of nitro groups is 1. The summed E-state index contributed by atoms with van der Waals surface area (Å²) in [6, 6.07) is 6.50. The lowest BCUT2D eigenvalue weighted by Gasteiger charge is -2.29. The van der Waals surface area contributed by atoms with Crippen LogP contribution >= 0.6 is 11.6 Å². The van der Waals surface area contributed by atoms with Gasteiger partial charge in [0.25, 0.3) is 0 Å². The van der Waals surface area contributed by atoms with Gasteiger partial charge in [-0.25, -0.2) is 9.59 Å². The van der Waals surface area contributed by atoms with Gasteiger partial charge in [-0.1, -0.05) is 37.1 Å². The van der Waals surface area contributed by atoms with Gasteiger partial charge in [0.15, 0.2) is 5.78 Å². The second kappa shape index (κ2) is 8.50. The largest absolute Gasteiger partial charge is 0.478 e. The Morgan fingerprint density at radius 2 is 1.73 bits per heavy atom. The van der Waals surface area contributed by atoms with Crippen LogP contribution in [-0.4, -0.2) is 32.9 Å². The number of nitrogen functional groups attached to an aromatic ring is 1. The number of anilines is 1. The highest BCUT2D eigenvalue weighted by Crippen LogP contribution is 2.42. The molecule has 0 radical (unpaired) electrons. The van der Waals surface area contributed by atoms with Crippen molar-refractivity contribution in [1.29, 1.82) is 0 Å². The smallest absolute Gasteiger partial charge is 0.338 e. The van der Waals surface area contributed by atoms with Crippen molar-refractivity contribution in [3.05, 3.63) is 67.7 Å². The van der Waals surface area contributed by atoms with E-state index in [9.17, 15) is 29.6 Å². The van der Waals surface area contributed by atoms with Crippen LogP contribution in [0.2, 0.25) is 5.02 Å². The molecule has 0 aliphatic rings. The number of ketones is 1. The van der Waals surface area contributed by atoms with Gasteiger partial charge in [0.2, 0.25) is 0 Å². The molecule has 2 aromatic rings. The summed E-state index contributed by atoms with van der Waals surface area (Å²) in [6.07, 6.45) is 0.795. The van der Waals surface area contributed by atoms with Crippen LogP contribution in [0.5, 0.6) is 0 Å². The average molecular weight is 435 g/mol. The first-order chi connectivity index (χ1) is 14.0. The number of hydrogen-bond donors (Lipinski definition) is 3. The van der Waals surface area contributed by atoms with Gasteiger partial charge >= 0.3 is 17.6 Å².